The van der Waals surface area contributed by atoms with Crippen LogP contribution in [0.1, 0.15) is 22.8 Å². The van der Waals surface area contributed by atoms with E-state index < -0.39 is 46.2 Å². The third-order valence-corrected chi connectivity index (χ3v) is 8.22. The molecule has 1 N–H and O–H groups in total. The van der Waals surface area contributed by atoms with E-state index in [1.165, 1.54) is 4.90 Å². The van der Waals surface area contributed by atoms with Crippen molar-refractivity contribution in [3.05, 3.63) is 120 Å². The summed E-state index contributed by atoms with van der Waals surface area (Å²) in [5, 5.41) is 1.89. The SMILES string of the molecule is C=C1CS(=O)[C@@H]2[C@H](NC(=O)Cc3ccccc3)C(=O)N2[C@H]1C(=O)OC(c1ccccc1)c1ccccc1. The summed E-state index contributed by atoms with van der Waals surface area (Å²) >= 11 is 0. The van der Waals surface area contributed by atoms with Gasteiger partial charge in [-0.15, -0.1) is 0 Å². The average molecular weight is 515 g/mol. The summed E-state index contributed by atoms with van der Waals surface area (Å²) in [6, 6.07) is 25.8. The summed E-state index contributed by atoms with van der Waals surface area (Å²) < 4.78 is 18.9. The third-order valence-electron chi connectivity index (χ3n) is 6.53. The van der Waals surface area contributed by atoms with Gasteiger partial charge in [-0.2, -0.15) is 0 Å². The molecule has 1 unspecified atom stereocenters. The lowest BCUT2D eigenvalue weighted by Gasteiger charge is -2.52. The number of nitrogens with one attached hydrogen (secondary N) is 1. The molecule has 0 saturated carbocycles. The lowest BCUT2D eigenvalue weighted by molar-refractivity contribution is -0.165. The van der Waals surface area contributed by atoms with Crippen LogP contribution in [0.2, 0.25) is 0 Å². The Kier molecular flexibility index (Phi) is 7.01. The highest BCUT2D eigenvalue weighted by atomic mass is 32.2. The van der Waals surface area contributed by atoms with Gasteiger partial charge in [-0.3, -0.25) is 13.8 Å². The van der Waals surface area contributed by atoms with E-state index in [-0.39, 0.29) is 18.1 Å². The smallest absolute Gasteiger partial charge is 0.334 e. The molecule has 4 atom stereocenters. The molecule has 3 aromatic rings. The van der Waals surface area contributed by atoms with Crippen LogP contribution in [-0.4, -0.2) is 50.1 Å². The Morgan fingerprint density at radius 1 is 0.946 bits per heavy atom. The van der Waals surface area contributed by atoms with Gasteiger partial charge in [0.2, 0.25) is 11.8 Å². The zero-order chi connectivity index (χ0) is 25.9. The molecule has 0 aliphatic carbocycles. The van der Waals surface area contributed by atoms with Crippen molar-refractivity contribution < 1.29 is 23.3 Å². The van der Waals surface area contributed by atoms with Crippen LogP contribution in [0.4, 0.5) is 0 Å². The first-order valence-electron chi connectivity index (χ1n) is 11.9. The molecule has 2 aliphatic rings. The van der Waals surface area contributed by atoms with Crippen LogP contribution in [0.5, 0.6) is 0 Å². The van der Waals surface area contributed by atoms with E-state index in [1.54, 1.807) is 0 Å². The van der Waals surface area contributed by atoms with Crippen LogP contribution in [0.25, 0.3) is 0 Å². The number of esters is 1. The Morgan fingerprint density at radius 2 is 1.49 bits per heavy atom. The standard InChI is InChI=1S/C29H26N2O5S/c1-19-18-37(35)28-24(30-23(32)17-20-11-5-2-6-12-20)27(33)31(28)25(19)29(34)36-26(21-13-7-3-8-14-21)22-15-9-4-10-16-22/h2-16,24-26,28H,1,17-18H2,(H,30,32)/t24-,25-,28-,37?/m1/s1. The lowest BCUT2D eigenvalue weighted by atomic mass is 9.97. The van der Waals surface area contributed by atoms with Gasteiger partial charge >= 0.3 is 5.97 Å². The van der Waals surface area contributed by atoms with Gasteiger partial charge in [0.25, 0.3) is 0 Å². The first-order valence-corrected chi connectivity index (χ1v) is 13.3. The molecule has 2 saturated heterocycles. The van der Waals surface area contributed by atoms with E-state index in [4.69, 9.17) is 4.74 Å². The molecular weight excluding hydrogens is 488 g/mol. The Morgan fingerprint density at radius 3 is 2.05 bits per heavy atom. The van der Waals surface area contributed by atoms with E-state index in [2.05, 4.69) is 11.9 Å². The molecule has 3 aromatic carbocycles. The molecule has 188 valence electrons. The number of carbonyl (C=O) groups is 3. The molecule has 2 fully saturated rings. The number of rotatable bonds is 7. The zero-order valence-electron chi connectivity index (χ0n) is 20.0. The fourth-order valence-corrected chi connectivity index (χ4v) is 6.43. The Hall–Kier alpha value is -4.04. The predicted molar refractivity (Wildman–Crippen MR) is 139 cm³/mol. The Bertz CT molecular complexity index is 1310. The minimum absolute atomic E-state index is 0.0423. The normalized spacial score (nSPS) is 22.7. The van der Waals surface area contributed by atoms with Crippen LogP contribution in [0.15, 0.2) is 103 Å². The number of hydrogen-bond acceptors (Lipinski definition) is 5. The first kappa shape index (κ1) is 24.6. The van der Waals surface area contributed by atoms with Crippen molar-refractivity contribution in [1.82, 2.24) is 10.2 Å². The molecule has 2 heterocycles. The van der Waals surface area contributed by atoms with Crippen molar-refractivity contribution in [3.8, 4) is 0 Å². The fourth-order valence-electron chi connectivity index (χ4n) is 4.77. The van der Waals surface area contributed by atoms with Gasteiger partial charge < -0.3 is 15.0 Å². The summed E-state index contributed by atoms with van der Waals surface area (Å²) in [5.41, 5.74) is 2.71. The quantitative estimate of drug-likeness (QED) is 0.297. The van der Waals surface area contributed by atoms with E-state index >= 15 is 0 Å². The number of ether oxygens (including phenoxy) is 1. The monoisotopic (exact) mass is 514 g/mol. The molecular formula is C29H26N2O5S. The number of benzene rings is 3. The fraction of sp³-hybridized carbons (Fsp3) is 0.207. The Balaban J connectivity index is 1.34. The van der Waals surface area contributed by atoms with Gasteiger partial charge in [0.05, 0.1) is 17.2 Å². The summed E-state index contributed by atoms with van der Waals surface area (Å²) in [7, 11) is -1.51. The van der Waals surface area contributed by atoms with Gasteiger partial charge in [0.15, 0.2) is 12.1 Å². The lowest BCUT2D eigenvalue weighted by Crippen LogP contribution is -2.77. The molecule has 37 heavy (non-hydrogen) atoms. The average Bonchev–Trinajstić information content (AvgIpc) is 2.91. The highest BCUT2D eigenvalue weighted by Crippen LogP contribution is 2.36. The second-order valence-corrected chi connectivity index (χ2v) is 10.6. The minimum Gasteiger partial charge on any atom is -0.451 e. The van der Waals surface area contributed by atoms with E-state index in [0.717, 1.165) is 16.7 Å². The summed E-state index contributed by atoms with van der Waals surface area (Å²) in [6.45, 7) is 3.94. The highest BCUT2D eigenvalue weighted by Gasteiger charge is 2.59. The highest BCUT2D eigenvalue weighted by molar-refractivity contribution is 7.86. The topological polar surface area (TPSA) is 92.8 Å². The molecule has 2 amide bonds. The molecule has 0 spiro atoms. The van der Waals surface area contributed by atoms with Gasteiger partial charge in [-0.05, 0) is 22.3 Å². The van der Waals surface area contributed by atoms with Crippen LogP contribution >= 0.6 is 0 Å². The third kappa shape index (κ3) is 4.97. The molecule has 0 radical (unpaired) electrons. The van der Waals surface area contributed by atoms with Crippen molar-refractivity contribution in [2.24, 2.45) is 0 Å². The van der Waals surface area contributed by atoms with Crippen molar-refractivity contribution in [3.63, 3.8) is 0 Å². The summed E-state index contributed by atoms with van der Waals surface area (Å²) in [6.07, 6.45) is -0.593. The number of carbonyl (C=O) groups excluding carboxylic acids is 3. The minimum atomic E-state index is -1.51. The van der Waals surface area contributed by atoms with Gasteiger partial charge in [-0.1, -0.05) is 97.6 Å². The van der Waals surface area contributed by atoms with Crippen molar-refractivity contribution in [2.45, 2.75) is 30.0 Å². The first-order chi connectivity index (χ1) is 17.9. The van der Waals surface area contributed by atoms with Crippen LogP contribution in [0.3, 0.4) is 0 Å². The molecule has 2 aliphatic heterocycles. The van der Waals surface area contributed by atoms with E-state index in [0.29, 0.717) is 5.57 Å². The predicted octanol–water partition coefficient (Wildman–Crippen LogP) is 2.90. The maximum absolute atomic E-state index is 13.5. The number of β-lactam (4-membered cyclic amide) rings is 1. The second-order valence-electron chi connectivity index (χ2n) is 9.07. The van der Waals surface area contributed by atoms with Crippen molar-refractivity contribution >= 4 is 28.6 Å². The number of amides is 2. The van der Waals surface area contributed by atoms with Crippen molar-refractivity contribution in [1.29, 1.82) is 0 Å². The molecule has 7 nitrogen and oxygen atoms in total. The van der Waals surface area contributed by atoms with Crippen molar-refractivity contribution in [2.75, 3.05) is 5.75 Å². The molecule has 0 aromatic heterocycles. The molecule has 5 rings (SSSR count). The maximum Gasteiger partial charge on any atom is 0.334 e. The summed E-state index contributed by atoms with van der Waals surface area (Å²) in [4.78, 5) is 40.5. The second kappa shape index (κ2) is 10.5. The van der Waals surface area contributed by atoms with Crippen LogP contribution < -0.4 is 5.32 Å². The largest absolute Gasteiger partial charge is 0.451 e. The van der Waals surface area contributed by atoms with Crippen LogP contribution in [0, 0.1) is 0 Å². The maximum atomic E-state index is 13.5. The van der Waals surface area contributed by atoms with Crippen LogP contribution in [-0.2, 0) is 36.3 Å². The van der Waals surface area contributed by atoms with Gasteiger partial charge in [0, 0.05) is 5.75 Å². The van der Waals surface area contributed by atoms with E-state index in [9.17, 15) is 18.6 Å². The number of hydrogen-bond donors (Lipinski definition) is 1. The van der Waals surface area contributed by atoms with E-state index in [1.807, 2.05) is 91.0 Å². The number of fused-ring (bicyclic) bond motifs is 1. The Labute approximate surface area is 217 Å². The molecule has 8 heteroatoms. The van der Waals surface area contributed by atoms with Gasteiger partial charge in [0.1, 0.15) is 11.4 Å². The summed E-state index contributed by atoms with van der Waals surface area (Å²) in [5.74, 6) is -1.43. The number of nitrogens with zero attached hydrogens (tertiary/aromatic N) is 1. The molecule has 0 bridgehead atoms. The zero-order valence-corrected chi connectivity index (χ0v) is 20.8. The van der Waals surface area contributed by atoms with Gasteiger partial charge in [-0.25, -0.2) is 4.79 Å².